The molecule has 0 aromatic rings. The molecule has 0 heterocycles. The molecule has 0 unspecified atom stereocenters. The Morgan fingerprint density at radius 3 is 1.32 bits per heavy atom. The van der Waals surface area contributed by atoms with E-state index in [0.29, 0.717) is 0 Å². The molecule has 19 heavy (non-hydrogen) atoms. The first-order valence-corrected chi connectivity index (χ1v) is 7.29. The predicted octanol–water partition coefficient (Wildman–Crippen LogP) is 3.59. The molecule has 0 fully saturated rings. The van der Waals surface area contributed by atoms with Gasteiger partial charge in [-0.1, -0.05) is 41.5 Å². The lowest BCUT2D eigenvalue weighted by atomic mass is 9.91. The third-order valence-electron chi connectivity index (χ3n) is 3.45. The Hall–Kier alpha value is -0.700. The van der Waals surface area contributed by atoms with Gasteiger partial charge in [0.1, 0.15) is 0 Å². The first-order valence-electron chi connectivity index (χ1n) is 7.29. The van der Waals surface area contributed by atoms with Crippen molar-refractivity contribution in [2.75, 3.05) is 26.2 Å². The summed E-state index contributed by atoms with van der Waals surface area (Å²) in [6, 6.07) is 0. The van der Waals surface area contributed by atoms with Crippen LogP contribution in [0.3, 0.4) is 0 Å². The van der Waals surface area contributed by atoms with E-state index in [0.717, 1.165) is 26.2 Å². The number of aliphatic imine (C=N–C) groups is 2. The fourth-order valence-corrected chi connectivity index (χ4v) is 1.20. The van der Waals surface area contributed by atoms with Gasteiger partial charge in [-0.05, 0) is 24.7 Å². The molecule has 0 saturated carbocycles. The summed E-state index contributed by atoms with van der Waals surface area (Å²) in [6.45, 7) is 21.0. The van der Waals surface area contributed by atoms with Gasteiger partial charge in [-0.15, -0.1) is 0 Å². The van der Waals surface area contributed by atoms with Gasteiger partial charge in [0.05, 0.1) is 13.1 Å². The average Bonchev–Trinajstić information content (AvgIpc) is 2.24. The molecule has 112 valence electrons. The Balaban J connectivity index is 3.79. The molecule has 0 amide bonds. The zero-order valence-corrected chi connectivity index (χ0v) is 14.2. The largest absolute Gasteiger partial charge is 0.313 e. The summed E-state index contributed by atoms with van der Waals surface area (Å²) in [5.74, 6) is 0. The van der Waals surface area contributed by atoms with E-state index >= 15 is 0 Å². The number of nitrogens with zero attached hydrogens (tertiary/aromatic N) is 2. The zero-order chi connectivity index (χ0) is 15.1. The van der Waals surface area contributed by atoms with Gasteiger partial charge in [0.2, 0.25) is 0 Å². The lowest BCUT2D eigenvalue weighted by Gasteiger charge is -2.18. The number of hydrogen-bond acceptors (Lipinski definition) is 3. The molecule has 3 nitrogen and oxygen atoms in total. The smallest absolute Gasteiger partial charge is 0.0513 e. The highest BCUT2D eigenvalue weighted by Gasteiger charge is 2.13. The lowest BCUT2D eigenvalue weighted by molar-refractivity contribution is 0.579. The van der Waals surface area contributed by atoms with E-state index in [1.807, 2.05) is 0 Å². The van der Waals surface area contributed by atoms with Crippen LogP contribution in [0.5, 0.6) is 0 Å². The third kappa shape index (κ3) is 8.93. The van der Waals surface area contributed by atoms with Crippen molar-refractivity contribution in [3.63, 3.8) is 0 Å². The summed E-state index contributed by atoms with van der Waals surface area (Å²) < 4.78 is 0. The molecule has 0 aliphatic rings. The first kappa shape index (κ1) is 18.3. The minimum Gasteiger partial charge on any atom is -0.313 e. The summed E-state index contributed by atoms with van der Waals surface area (Å²) in [5, 5.41) is 3.38. The SMILES string of the molecule is CC(=NCCNCCN=C(C)C(C)(C)C)C(C)(C)C. The van der Waals surface area contributed by atoms with Crippen molar-refractivity contribution in [3.8, 4) is 0 Å². The Bertz CT molecular complexity index is 282. The van der Waals surface area contributed by atoms with Gasteiger partial charge < -0.3 is 5.32 Å². The van der Waals surface area contributed by atoms with Crippen LogP contribution < -0.4 is 5.32 Å². The second-order valence-electron chi connectivity index (χ2n) is 7.18. The topological polar surface area (TPSA) is 36.8 Å². The predicted molar refractivity (Wildman–Crippen MR) is 87.7 cm³/mol. The van der Waals surface area contributed by atoms with Crippen molar-refractivity contribution in [2.45, 2.75) is 55.4 Å². The van der Waals surface area contributed by atoms with Gasteiger partial charge >= 0.3 is 0 Å². The molecule has 0 bridgehead atoms. The van der Waals surface area contributed by atoms with Crippen LogP contribution in [-0.4, -0.2) is 37.6 Å². The van der Waals surface area contributed by atoms with Crippen LogP contribution in [0, 0.1) is 10.8 Å². The summed E-state index contributed by atoms with van der Waals surface area (Å²) in [4.78, 5) is 9.17. The van der Waals surface area contributed by atoms with Gasteiger partial charge in [0.15, 0.2) is 0 Å². The maximum atomic E-state index is 4.59. The standard InChI is InChI=1S/C16H33N3/c1-13(15(3,4)5)18-11-9-17-10-12-19-14(2)16(6,7)8/h17H,9-12H2,1-8H3. The molecule has 0 rings (SSSR count). The Labute approximate surface area is 120 Å². The van der Waals surface area contributed by atoms with E-state index < -0.39 is 0 Å². The fourth-order valence-electron chi connectivity index (χ4n) is 1.20. The van der Waals surface area contributed by atoms with Crippen molar-refractivity contribution >= 4 is 11.4 Å². The normalized spacial score (nSPS) is 14.9. The van der Waals surface area contributed by atoms with E-state index in [2.05, 4.69) is 70.7 Å². The zero-order valence-electron chi connectivity index (χ0n) is 14.2. The average molecular weight is 267 g/mol. The van der Waals surface area contributed by atoms with Crippen molar-refractivity contribution < 1.29 is 0 Å². The molecule has 1 N–H and O–H groups in total. The van der Waals surface area contributed by atoms with Crippen LogP contribution in [-0.2, 0) is 0 Å². The van der Waals surface area contributed by atoms with Crippen LogP contribution in [0.25, 0.3) is 0 Å². The van der Waals surface area contributed by atoms with E-state index in [1.54, 1.807) is 0 Å². The molecule has 0 saturated heterocycles. The van der Waals surface area contributed by atoms with Gasteiger partial charge in [0, 0.05) is 24.5 Å². The monoisotopic (exact) mass is 267 g/mol. The summed E-state index contributed by atoms with van der Waals surface area (Å²) >= 11 is 0. The molecule has 0 atom stereocenters. The molecule has 0 spiro atoms. The van der Waals surface area contributed by atoms with Gasteiger partial charge in [-0.25, -0.2) is 0 Å². The van der Waals surface area contributed by atoms with Crippen LogP contribution in [0.15, 0.2) is 9.98 Å². The minimum atomic E-state index is 0.189. The molecule has 0 aliphatic carbocycles. The molecule has 0 aliphatic heterocycles. The van der Waals surface area contributed by atoms with Crippen molar-refractivity contribution in [1.82, 2.24) is 5.32 Å². The Kier molecular flexibility index (Phi) is 7.50. The summed E-state index contributed by atoms with van der Waals surface area (Å²) in [5.41, 5.74) is 2.81. The maximum Gasteiger partial charge on any atom is 0.0513 e. The second kappa shape index (κ2) is 7.78. The second-order valence-corrected chi connectivity index (χ2v) is 7.18. The summed E-state index contributed by atoms with van der Waals surface area (Å²) in [6.07, 6.45) is 0. The van der Waals surface area contributed by atoms with E-state index in [1.165, 1.54) is 11.4 Å². The first-order chi connectivity index (χ1) is 8.55. The molecule has 0 aromatic carbocycles. The highest BCUT2D eigenvalue weighted by Crippen LogP contribution is 2.15. The summed E-state index contributed by atoms with van der Waals surface area (Å²) in [7, 11) is 0. The van der Waals surface area contributed by atoms with E-state index in [9.17, 15) is 0 Å². The molecular weight excluding hydrogens is 234 g/mol. The Morgan fingerprint density at radius 1 is 0.737 bits per heavy atom. The molecule has 0 radical (unpaired) electrons. The fraction of sp³-hybridized carbons (Fsp3) is 0.875. The van der Waals surface area contributed by atoms with Crippen LogP contribution in [0.1, 0.15) is 55.4 Å². The van der Waals surface area contributed by atoms with Crippen LogP contribution in [0.4, 0.5) is 0 Å². The molecular formula is C16H33N3. The van der Waals surface area contributed by atoms with Crippen LogP contribution in [0.2, 0.25) is 0 Å². The van der Waals surface area contributed by atoms with Gasteiger partial charge in [-0.3, -0.25) is 9.98 Å². The minimum absolute atomic E-state index is 0.189. The highest BCUT2D eigenvalue weighted by molar-refractivity contribution is 5.87. The van der Waals surface area contributed by atoms with Gasteiger partial charge in [0.25, 0.3) is 0 Å². The third-order valence-corrected chi connectivity index (χ3v) is 3.45. The maximum absolute atomic E-state index is 4.59. The van der Waals surface area contributed by atoms with E-state index in [-0.39, 0.29) is 10.8 Å². The molecule has 0 aromatic heterocycles. The lowest BCUT2D eigenvalue weighted by Crippen LogP contribution is -2.24. The number of rotatable bonds is 6. The van der Waals surface area contributed by atoms with Crippen molar-refractivity contribution in [2.24, 2.45) is 20.8 Å². The number of nitrogens with one attached hydrogen (secondary N) is 1. The Morgan fingerprint density at radius 2 is 1.05 bits per heavy atom. The highest BCUT2D eigenvalue weighted by atomic mass is 14.9. The van der Waals surface area contributed by atoms with E-state index in [4.69, 9.17) is 0 Å². The molecule has 3 heteroatoms. The van der Waals surface area contributed by atoms with Crippen molar-refractivity contribution in [3.05, 3.63) is 0 Å². The van der Waals surface area contributed by atoms with Crippen molar-refractivity contribution in [1.29, 1.82) is 0 Å². The quantitative estimate of drug-likeness (QED) is 0.579. The van der Waals surface area contributed by atoms with Gasteiger partial charge in [-0.2, -0.15) is 0 Å². The number of hydrogen-bond donors (Lipinski definition) is 1. The van der Waals surface area contributed by atoms with Crippen LogP contribution >= 0.6 is 0 Å².